The molecule has 2 saturated carbocycles. The van der Waals surface area contributed by atoms with Crippen molar-refractivity contribution in [1.82, 2.24) is 5.43 Å². The summed E-state index contributed by atoms with van der Waals surface area (Å²) in [4.78, 5) is 11.9. The molecular formula is C15H16F2N2O2. The molecule has 1 aromatic carbocycles. The lowest BCUT2D eigenvalue weighted by Crippen LogP contribution is -2.21. The van der Waals surface area contributed by atoms with Gasteiger partial charge in [-0.3, -0.25) is 4.79 Å². The molecule has 2 bridgehead atoms. The van der Waals surface area contributed by atoms with E-state index in [1.54, 1.807) is 0 Å². The summed E-state index contributed by atoms with van der Waals surface area (Å²) in [5.41, 5.74) is 3.99. The van der Waals surface area contributed by atoms with Crippen LogP contribution in [0.15, 0.2) is 29.4 Å². The highest BCUT2D eigenvalue weighted by Crippen LogP contribution is 2.42. The Morgan fingerprint density at radius 2 is 2.05 bits per heavy atom. The molecule has 1 aromatic rings. The molecule has 0 spiro atoms. The predicted molar refractivity (Wildman–Crippen MR) is 73.4 cm³/mol. The quantitative estimate of drug-likeness (QED) is 0.867. The molecular weight excluding hydrogens is 278 g/mol. The van der Waals surface area contributed by atoms with Crippen LogP contribution in [0.4, 0.5) is 8.78 Å². The van der Waals surface area contributed by atoms with Crippen LogP contribution in [0, 0.1) is 11.8 Å². The summed E-state index contributed by atoms with van der Waals surface area (Å²) in [6.45, 7) is -2.87. The number of carbonyl (C=O) groups excluding carboxylic acids is 1. The van der Waals surface area contributed by atoms with Gasteiger partial charge in [0.1, 0.15) is 5.75 Å². The van der Waals surface area contributed by atoms with E-state index in [9.17, 15) is 13.6 Å². The second kappa shape index (κ2) is 5.79. The number of nitrogens with one attached hydrogen (secondary N) is 1. The molecule has 0 aliphatic heterocycles. The van der Waals surface area contributed by atoms with Gasteiger partial charge in [-0.25, -0.2) is 5.43 Å². The lowest BCUT2D eigenvalue weighted by atomic mass is 9.99. The predicted octanol–water partition coefficient (Wildman–Crippen LogP) is 3.19. The minimum atomic E-state index is -2.87. The molecule has 2 fully saturated rings. The number of ether oxygens (including phenoxy) is 1. The van der Waals surface area contributed by atoms with Crippen LogP contribution in [0.2, 0.25) is 0 Å². The van der Waals surface area contributed by atoms with E-state index in [0.717, 1.165) is 18.1 Å². The number of alkyl halides is 2. The molecule has 2 unspecified atom stereocenters. The van der Waals surface area contributed by atoms with Gasteiger partial charge in [0, 0.05) is 11.3 Å². The molecule has 0 aromatic heterocycles. The van der Waals surface area contributed by atoms with Crippen molar-refractivity contribution in [1.29, 1.82) is 0 Å². The second-order valence-corrected chi connectivity index (χ2v) is 5.53. The Kier molecular flexibility index (Phi) is 3.86. The van der Waals surface area contributed by atoms with E-state index in [0.29, 0.717) is 11.5 Å². The van der Waals surface area contributed by atoms with Crippen LogP contribution in [0.1, 0.15) is 36.0 Å². The van der Waals surface area contributed by atoms with E-state index in [1.165, 1.54) is 43.5 Å². The Bertz CT molecular complexity index is 557. The SMILES string of the molecule is O=C(NN=C1CC2CCC1C2)c1ccc(OC(F)F)cc1. The Morgan fingerprint density at radius 3 is 2.62 bits per heavy atom. The smallest absolute Gasteiger partial charge is 0.387 e. The first-order valence-electron chi connectivity index (χ1n) is 7.03. The van der Waals surface area contributed by atoms with E-state index in [1.807, 2.05) is 0 Å². The Labute approximate surface area is 121 Å². The molecule has 0 radical (unpaired) electrons. The van der Waals surface area contributed by atoms with Gasteiger partial charge in [0.15, 0.2) is 0 Å². The maximum atomic E-state index is 12.0. The molecule has 1 N–H and O–H groups in total. The average Bonchev–Trinajstić information content (AvgIpc) is 3.07. The zero-order valence-electron chi connectivity index (χ0n) is 11.4. The van der Waals surface area contributed by atoms with Crippen molar-refractivity contribution in [3.8, 4) is 5.75 Å². The number of benzene rings is 1. The van der Waals surface area contributed by atoms with Gasteiger partial charge >= 0.3 is 6.61 Å². The summed E-state index contributed by atoms with van der Waals surface area (Å²) in [5, 5.41) is 4.22. The molecule has 6 heteroatoms. The van der Waals surface area contributed by atoms with Crippen LogP contribution in [-0.2, 0) is 0 Å². The summed E-state index contributed by atoms with van der Waals surface area (Å²) >= 11 is 0. The lowest BCUT2D eigenvalue weighted by Gasteiger charge is -2.11. The van der Waals surface area contributed by atoms with Crippen LogP contribution in [0.25, 0.3) is 0 Å². The van der Waals surface area contributed by atoms with Crippen LogP contribution in [-0.4, -0.2) is 18.2 Å². The molecule has 2 aliphatic carbocycles. The summed E-state index contributed by atoms with van der Waals surface area (Å²) < 4.78 is 28.3. The summed E-state index contributed by atoms with van der Waals surface area (Å²) in [7, 11) is 0. The standard InChI is InChI=1S/C15H16F2N2O2/c16-15(17)21-12-5-3-10(4-6-12)14(20)19-18-13-8-9-1-2-11(13)7-9/h3-6,9,11,15H,1-2,7-8H2,(H,19,20). The van der Waals surface area contributed by atoms with Gasteiger partial charge in [-0.1, -0.05) is 0 Å². The number of rotatable bonds is 4. The summed E-state index contributed by atoms with van der Waals surface area (Å²) in [6, 6.07) is 5.56. The molecule has 1 amide bonds. The Morgan fingerprint density at radius 1 is 1.29 bits per heavy atom. The van der Waals surface area contributed by atoms with Gasteiger partial charge < -0.3 is 4.74 Å². The highest BCUT2D eigenvalue weighted by molar-refractivity contribution is 5.96. The first kappa shape index (κ1) is 14.0. The van der Waals surface area contributed by atoms with Crippen LogP contribution in [0.5, 0.6) is 5.75 Å². The monoisotopic (exact) mass is 294 g/mol. The highest BCUT2D eigenvalue weighted by Gasteiger charge is 2.36. The maximum Gasteiger partial charge on any atom is 0.387 e. The fourth-order valence-electron chi connectivity index (χ4n) is 3.14. The molecule has 0 heterocycles. The van der Waals surface area contributed by atoms with Gasteiger partial charge in [-0.15, -0.1) is 0 Å². The van der Waals surface area contributed by atoms with E-state index in [4.69, 9.17) is 0 Å². The van der Waals surface area contributed by atoms with Crippen molar-refractivity contribution in [2.45, 2.75) is 32.3 Å². The van der Waals surface area contributed by atoms with E-state index >= 15 is 0 Å². The van der Waals surface area contributed by atoms with Crippen molar-refractivity contribution in [3.63, 3.8) is 0 Å². The summed E-state index contributed by atoms with van der Waals surface area (Å²) in [5.74, 6) is 0.948. The van der Waals surface area contributed by atoms with Crippen molar-refractivity contribution in [2.75, 3.05) is 0 Å². The number of carbonyl (C=O) groups is 1. The minimum absolute atomic E-state index is 0.0287. The normalized spacial score (nSPS) is 25.6. The number of hydrazone groups is 1. The van der Waals surface area contributed by atoms with Gasteiger partial charge in [0.2, 0.25) is 0 Å². The van der Waals surface area contributed by atoms with Crippen molar-refractivity contribution in [2.24, 2.45) is 16.9 Å². The van der Waals surface area contributed by atoms with E-state index in [2.05, 4.69) is 15.3 Å². The Balaban J connectivity index is 1.59. The van der Waals surface area contributed by atoms with Crippen molar-refractivity contribution in [3.05, 3.63) is 29.8 Å². The van der Waals surface area contributed by atoms with Gasteiger partial charge in [0.05, 0.1) is 0 Å². The average molecular weight is 294 g/mol. The first-order valence-corrected chi connectivity index (χ1v) is 7.03. The zero-order chi connectivity index (χ0) is 14.8. The third-order valence-electron chi connectivity index (χ3n) is 4.15. The molecule has 2 atom stereocenters. The number of halogens is 2. The third kappa shape index (κ3) is 3.20. The van der Waals surface area contributed by atoms with Crippen molar-refractivity contribution >= 4 is 11.6 Å². The van der Waals surface area contributed by atoms with Gasteiger partial charge in [-0.2, -0.15) is 13.9 Å². The molecule has 21 heavy (non-hydrogen) atoms. The maximum absolute atomic E-state index is 12.0. The second-order valence-electron chi connectivity index (χ2n) is 5.53. The van der Waals surface area contributed by atoms with Gasteiger partial charge in [0.25, 0.3) is 5.91 Å². The van der Waals surface area contributed by atoms with Crippen molar-refractivity contribution < 1.29 is 18.3 Å². The van der Waals surface area contributed by atoms with Crippen LogP contribution < -0.4 is 10.2 Å². The number of hydrogen-bond acceptors (Lipinski definition) is 3. The zero-order valence-corrected chi connectivity index (χ0v) is 11.4. The third-order valence-corrected chi connectivity index (χ3v) is 4.15. The Hall–Kier alpha value is -1.98. The number of fused-ring (bicyclic) bond motifs is 2. The molecule has 2 aliphatic rings. The highest BCUT2D eigenvalue weighted by atomic mass is 19.3. The van der Waals surface area contributed by atoms with Crippen LogP contribution in [0.3, 0.4) is 0 Å². The fraction of sp³-hybridized carbons (Fsp3) is 0.467. The topological polar surface area (TPSA) is 50.7 Å². The molecule has 0 saturated heterocycles. The minimum Gasteiger partial charge on any atom is -0.435 e. The lowest BCUT2D eigenvalue weighted by molar-refractivity contribution is -0.0498. The number of amides is 1. The largest absolute Gasteiger partial charge is 0.435 e. The molecule has 3 rings (SSSR count). The molecule has 4 nitrogen and oxygen atoms in total. The fourth-order valence-corrected chi connectivity index (χ4v) is 3.14. The number of nitrogens with zero attached hydrogens (tertiary/aromatic N) is 1. The summed E-state index contributed by atoms with van der Waals surface area (Å²) in [6.07, 6.45) is 4.60. The van der Waals surface area contributed by atoms with Gasteiger partial charge in [-0.05, 0) is 61.8 Å². The first-order chi connectivity index (χ1) is 10.1. The van der Waals surface area contributed by atoms with E-state index < -0.39 is 6.61 Å². The van der Waals surface area contributed by atoms with E-state index in [-0.39, 0.29) is 11.7 Å². The molecule has 112 valence electrons. The van der Waals surface area contributed by atoms with Crippen LogP contribution >= 0.6 is 0 Å². The number of hydrogen-bond donors (Lipinski definition) is 1.